The average Bonchev–Trinajstić information content (AvgIpc) is 3.11. The van der Waals surface area contributed by atoms with Gasteiger partial charge in [0, 0.05) is 19.1 Å². The van der Waals surface area contributed by atoms with Crippen LogP contribution in [0.2, 0.25) is 0 Å². The van der Waals surface area contributed by atoms with E-state index in [-0.39, 0.29) is 18.4 Å². The summed E-state index contributed by atoms with van der Waals surface area (Å²) in [5.74, 6) is 1.66. The van der Waals surface area contributed by atoms with Crippen LogP contribution in [0, 0.1) is 6.92 Å². The molecule has 1 aliphatic rings. The van der Waals surface area contributed by atoms with Crippen molar-refractivity contribution < 1.29 is 13.6 Å². The summed E-state index contributed by atoms with van der Waals surface area (Å²) >= 11 is 0. The van der Waals surface area contributed by atoms with E-state index in [0.29, 0.717) is 29.6 Å². The Hall–Kier alpha value is -2.08. The topological polar surface area (TPSA) is 85.5 Å². The van der Waals surface area contributed by atoms with Crippen LogP contribution in [0.15, 0.2) is 27.2 Å². The van der Waals surface area contributed by atoms with Crippen LogP contribution < -0.4 is 5.73 Å². The van der Waals surface area contributed by atoms with Crippen molar-refractivity contribution in [1.82, 2.24) is 9.88 Å². The number of aryl methyl sites for hydroxylation is 1. The fourth-order valence-corrected chi connectivity index (χ4v) is 2.37. The molecule has 2 aromatic heterocycles. The first-order valence-electron chi connectivity index (χ1n) is 6.67. The van der Waals surface area contributed by atoms with Crippen LogP contribution in [0.3, 0.4) is 0 Å². The van der Waals surface area contributed by atoms with Gasteiger partial charge < -0.3 is 19.5 Å². The lowest BCUT2D eigenvalue weighted by molar-refractivity contribution is -0.129. The molecule has 6 heteroatoms. The molecule has 3 rings (SSSR count). The Morgan fingerprint density at radius 2 is 2.45 bits per heavy atom. The number of nitrogens with zero attached hydrogens (tertiary/aromatic N) is 2. The number of likely N-dealkylation sites (tertiary alicyclic amines) is 1. The molecule has 1 fully saturated rings. The molecule has 1 saturated heterocycles. The van der Waals surface area contributed by atoms with E-state index in [1.807, 2.05) is 0 Å². The highest BCUT2D eigenvalue weighted by atomic mass is 16.4. The Morgan fingerprint density at radius 1 is 1.60 bits per heavy atom. The third-order valence-corrected chi connectivity index (χ3v) is 3.52. The van der Waals surface area contributed by atoms with E-state index in [4.69, 9.17) is 14.6 Å². The number of oxazole rings is 1. The summed E-state index contributed by atoms with van der Waals surface area (Å²) in [5, 5.41) is 0. The van der Waals surface area contributed by atoms with Crippen LogP contribution in [0.5, 0.6) is 0 Å². The minimum atomic E-state index is 0.0420. The molecule has 0 bridgehead atoms. The highest BCUT2D eigenvalue weighted by Crippen LogP contribution is 2.22. The highest BCUT2D eigenvalue weighted by Gasteiger charge is 2.25. The molecule has 0 radical (unpaired) electrons. The largest absolute Gasteiger partial charge is 0.459 e. The summed E-state index contributed by atoms with van der Waals surface area (Å²) in [6.07, 6.45) is 2.66. The molecule has 1 amide bonds. The van der Waals surface area contributed by atoms with E-state index in [2.05, 4.69) is 4.98 Å². The first-order valence-corrected chi connectivity index (χ1v) is 6.67. The number of carbonyl (C=O) groups is 1. The molecule has 0 aromatic carbocycles. The molecule has 2 aromatic rings. The third-order valence-electron chi connectivity index (χ3n) is 3.52. The Kier molecular flexibility index (Phi) is 3.31. The third kappa shape index (κ3) is 2.46. The molecule has 0 unspecified atom stereocenters. The summed E-state index contributed by atoms with van der Waals surface area (Å²) in [6.45, 7) is 3.15. The van der Waals surface area contributed by atoms with Gasteiger partial charge in [0.15, 0.2) is 5.76 Å². The van der Waals surface area contributed by atoms with Gasteiger partial charge in [-0.3, -0.25) is 4.79 Å². The summed E-state index contributed by atoms with van der Waals surface area (Å²) in [6, 6.07) is 3.64. The van der Waals surface area contributed by atoms with E-state index in [0.717, 1.165) is 13.0 Å². The van der Waals surface area contributed by atoms with E-state index < -0.39 is 0 Å². The van der Waals surface area contributed by atoms with Gasteiger partial charge in [0.25, 0.3) is 5.89 Å². The number of rotatable bonds is 3. The monoisotopic (exact) mass is 275 g/mol. The zero-order valence-corrected chi connectivity index (χ0v) is 11.3. The smallest absolute Gasteiger partial charge is 0.263 e. The standard InChI is InChI=1S/C14H17N3O3/c1-9-11(7-13(18)17-5-4-10(15)8-17)16-14(20-9)12-3-2-6-19-12/h2-3,6,10H,4-5,7-8,15H2,1H3/t10-/m1/s1. The molecular weight excluding hydrogens is 258 g/mol. The number of hydrogen-bond acceptors (Lipinski definition) is 5. The molecule has 0 saturated carbocycles. The van der Waals surface area contributed by atoms with Crippen molar-refractivity contribution in [3.63, 3.8) is 0 Å². The predicted octanol–water partition coefficient (Wildman–Crippen LogP) is 1.35. The number of hydrogen-bond donors (Lipinski definition) is 1. The maximum Gasteiger partial charge on any atom is 0.263 e. The van der Waals surface area contributed by atoms with Gasteiger partial charge in [0.05, 0.1) is 18.4 Å². The first kappa shape index (κ1) is 12.9. The van der Waals surface area contributed by atoms with Gasteiger partial charge in [-0.05, 0) is 25.5 Å². The average molecular weight is 275 g/mol. The first-order chi connectivity index (χ1) is 9.63. The summed E-state index contributed by atoms with van der Waals surface area (Å²) in [7, 11) is 0. The van der Waals surface area contributed by atoms with Gasteiger partial charge in [-0.25, -0.2) is 4.98 Å². The molecule has 6 nitrogen and oxygen atoms in total. The molecule has 1 atom stereocenters. The van der Waals surface area contributed by atoms with Crippen LogP contribution in [0.4, 0.5) is 0 Å². The van der Waals surface area contributed by atoms with Crippen LogP contribution in [-0.4, -0.2) is 34.9 Å². The second kappa shape index (κ2) is 5.13. The maximum absolute atomic E-state index is 12.2. The number of nitrogens with two attached hydrogens (primary N) is 1. The molecule has 2 N–H and O–H groups in total. The van der Waals surface area contributed by atoms with E-state index in [1.165, 1.54) is 0 Å². The van der Waals surface area contributed by atoms with Crippen molar-refractivity contribution in [2.24, 2.45) is 5.73 Å². The number of amides is 1. The Morgan fingerprint density at radius 3 is 3.10 bits per heavy atom. The summed E-state index contributed by atoms with van der Waals surface area (Å²) in [4.78, 5) is 18.3. The molecule has 0 aliphatic carbocycles. The van der Waals surface area contributed by atoms with Gasteiger partial charge in [-0.1, -0.05) is 0 Å². The lowest BCUT2D eigenvalue weighted by Gasteiger charge is -2.14. The SMILES string of the molecule is Cc1oc(-c2ccco2)nc1CC(=O)N1CC[C@@H](N)C1. The zero-order chi connectivity index (χ0) is 14.1. The second-order valence-corrected chi connectivity index (χ2v) is 5.06. The lowest BCUT2D eigenvalue weighted by Crippen LogP contribution is -2.33. The van der Waals surface area contributed by atoms with Crippen LogP contribution in [0.1, 0.15) is 17.9 Å². The van der Waals surface area contributed by atoms with Crippen LogP contribution in [-0.2, 0) is 11.2 Å². The molecule has 1 aliphatic heterocycles. The van der Waals surface area contributed by atoms with Crippen molar-refractivity contribution in [2.45, 2.75) is 25.8 Å². The van der Waals surface area contributed by atoms with Crippen LogP contribution in [0.25, 0.3) is 11.7 Å². The molecule has 106 valence electrons. The van der Waals surface area contributed by atoms with Crippen LogP contribution >= 0.6 is 0 Å². The van der Waals surface area contributed by atoms with E-state index in [9.17, 15) is 4.79 Å². The lowest BCUT2D eigenvalue weighted by atomic mass is 10.2. The fourth-order valence-electron chi connectivity index (χ4n) is 2.37. The Balaban J connectivity index is 1.73. The van der Waals surface area contributed by atoms with Gasteiger partial charge in [-0.15, -0.1) is 0 Å². The molecular formula is C14H17N3O3. The minimum Gasteiger partial charge on any atom is -0.459 e. The van der Waals surface area contributed by atoms with Gasteiger partial charge in [-0.2, -0.15) is 0 Å². The number of carbonyl (C=O) groups excluding carboxylic acids is 1. The van der Waals surface area contributed by atoms with Gasteiger partial charge in [0.2, 0.25) is 5.91 Å². The molecule has 20 heavy (non-hydrogen) atoms. The summed E-state index contributed by atoms with van der Waals surface area (Å²) in [5.41, 5.74) is 6.47. The van der Waals surface area contributed by atoms with Gasteiger partial charge in [0.1, 0.15) is 5.76 Å². The molecule has 3 heterocycles. The molecule has 0 spiro atoms. The number of aromatic nitrogens is 1. The van der Waals surface area contributed by atoms with Crippen molar-refractivity contribution in [3.8, 4) is 11.7 Å². The van der Waals surface area contributed by atoms with E-state index >= 15 is 0 Å². The van der Waals surface area contributed by atoms with Crippen molar-refractivity contribution in [1.29, 1.82) is 0 Å². The number of furan rings is 1. The Bertz CT molecular complexity index is 603. The van der Waals surface area contributed by atoms with Crippen molar-refractivity contribution in [2.75, 3.05) is 13.1 Å². The second-order valence-electron chi connectivity index (χ2n) is 5.06. The van der Waals surface area contributed by atoms with Crippen molar-refractivity contribution >= 4 is 5.91 Å². The fraction of sp³-hybridized carbons (Fsp3) is 0.429. The zero-order valence-electron chi connectivity index (χ0n) is 11.3. The predicted molar refractivity (Wildman–Crippen MR) is 71.8 cm³/mol. The van der Waals surface area contributed by atoms with E-state index in [1.54, 1.807) is 30.2 Å². The minimum absolute atomic E-state index is 0.0420. The van der Waals surface area contributed by atoms with Crippen molar-refractivity contribution in [3.05, 3.63) is 29.9 Å². The normalized spacial score (nSPS) is 18.7. The Labute approximate surface area is 116 Å². The quantitative estimate of drug-likeness (QED) is 0.913. The highest BCUT2D eigenvalue weighted by molar-refractivity contribution is 5.79. The van der Waals surface area contributed by atoms with Gasteiger partial charge >= 0.3 is 0 Å². The maximum atomic E-state index is 12.2. The summed E-state index contributed by atoms with van der Waals surface area (Å²) < 4.78 is 10.8.